The number of hydrogen-bond donors (Lipinski definition) is 0. The standard InChI is InChI=1S/C13H14N2S/c1-10-7-13(16)8-11(2)15(10)9-12-5-3-4-6-14-12/h3-8H,9H2,1-2H3. The third kappa shape index (κ3) is 2.36. The molecule has 2 aromatic rings. The molecule has 16 heavy (non-hydrogen) atoms. The SMILES string of the molecule is Cc1cc(=S)cc(C)n1Cc1ccccn1. The number of rotatable bonds is 2. The van der Waals surface area contributed by atoms with Crippen LogP contribution in [-0.4, -0.2) is 9.55 Å². The Morgan fingerprint density at radius 2 is 1.88 bits per heavy atom. The molecule has 0 saturated carbocycles. The fourth-order valence-electron chi connectivity index (χ4n) is 1.79. The second kappa shape index (κ2) is 4.58. The molecule has 0 amide bonds. The first-order valence-corrected chi connectivity index (χ1v) is 5.65. The molecule has 0 fully saturated rings. The summed E-state index contributed by atoms with van der Waals surface area (Å²) < 4.78 is 3.12. The summed E-state index contributed by atoms with van der Waals surface area (Å²) in [6, 6.07) is 10.0. The van der Waals surface area contributed by atoms with Crippen molar-refractivity contribution in [1.29, 1.82) is 0 Å². The van der Waals surface area contributed by atoms with Crippen LogP contribution in [0.25, 0.3) is 0 Å². The summed E-state index contributed by atoms with van der Waals surface area (Å²) in [5.74, 6) is 0. The summed E-state index contributed by atoms with van der Waals surface area (Å²) >= 11 is 5.18. The molecule has 2 nitrogen and oxygen atoms in total. The van der Waals surface area contributed by atoms with Crippen LogP contribution >= 0.6 is 12.2 Å². The van der Waals surface area contributed by atoms with Crippen LogP contribution in [0, 0.1) is 18.4 Å². The van der Waals surface area contributed by atoms with Crippen molar-refractivity contribution >= 4 is 12.2 Å². The Morgan fingerprint density at radius 3 is 2.44 bits per heavy atom. The Kier molecular flexibility index (Phi) is 3.15. The third-order valence-corrected chi connectivity index (χ3v) is 2.84. The average Bonchev–Trinajstić information content (AvgIpc) is 2.25. The van der Waals surface area contributed by atoms with Gasteiger partial charge < -0.3 is 4.57 Å². The van der Waals surface area contributed by atoms with Gasteiger partial charge >= 0.3 is 0 Å². The summed E-state index contributed by atoms with van der Waals surface area (Å²) in [5.41, 5.74) is 3.42. The number of hydrogen-bond acceptors (Lipinski definition) is 2. The number of aryl methyl sites for hydroxylation is 2. The monoisotopic (exact) mass is 230 g/mol. The van der Waals surface area contributed by atoms with Crippen LogP contribution in [0.15, 0.2) is 36.5 Å². The first-order valence-electron chi connectivity index (χ1n) is 5.25. The lowest BCUT2D eigenvalue weighted by Gasteiger charge is -2.13. The summed E-state index contributed by atoms with van der Waals surface area (Å²) in [7, 11) is 0. The van der Waals surface area contributed by atoms with Crippen LogP contribution in [-0.2, 0) is 6.54 Å². The summed E-state index contributed by atoms with van der Waals surface area (Å²) in [6.07, 6.45) is 1.82. The summed E-state index contributed by atoms with van der Waals surface area (Å²) in [6.45, 7) is 4.95. The van der Waals surface area contributed by atoms with E-state index in [0.29, 0.717) is 0 Å². The molecular formula is C13H14N2S. The highest BCUT2D eigenvalue weighted by molar-refractivity contribution is 7.71. The van der Waals surface area contributed by atoms with Gasteiger partial charge in [0.25, 0.3) is 0 Å². The Labute approximate surface area is 101 Å². The minimum absolute atomic E-state index is 0.800. The molecule has 3 heteroatoms. The lowest BCUT2D eigenvalue weighted by Crippen LogP contribution is -2.09. The van der Waals surface area contributed by atoms with E-state index in [1.54, 1.807) is 0 Å². The maximum atomic E-state index is 5.18. The van der Waals surface area contributed by atoms with Crippen LogP contribution < -0.4 is 0 Å². The molecule has 2 rings (SSSR count). The van der Waals surface area contributed by atoms with Crippen molar-refractivity contribution in [3.63, 3.8) is 0 Å². The number of aromatic nitrogens is 2. The van der Waals surface area contributed by atoms with Gasteiger partial charge in [-0.2, -0.15) is 0 Å². The topological polar surface area (TPSA) is 17.8 Å². The molecule has 0 aliphatic rings. The van der Waals surface area contributed by atoms with Crippen molar-refractivity contribution in [2.75, 3.05) is 0 Å². The van der Waals surface area contributed by atoms with E-state index >= 15 is 0 Å². The van der Waals surface area contributed by atoms with Gasteiger partial charge in [0.2, 0.25) is 0 Å². The van der Waals surface area contributed by atoms with Crippen molar-refractivity contribution < 1.29 is 0 Å². The minimum atomic E-state index is 0.800. The quantitative estimate of drug-likeness (QED) is 0.737. The molecule has 0 aromatic carbocycles. The first kappa shape index (κ1) is 11.0. The van der Waals surface area contributed by atoms with E-state index in [-0.39, 0.29) is 0 Å². The molecule has 0 spiro atoms. The van der Waals surface area contributed by atoms with E-state index < -0.39 is 0 Å². The predicted octanol–water partition coefficient (Wildman–Crippen LogP) is 3.28. The van der Waals surface area contributed by atoms with Crippen molar-refractivity contribution in [2.24, 2.45) is 0 Å². The average molecular weight is 230 g/mol. The predicted molar refractivity (Wildman–Crippen MR) is 68.1 cm³/mol. The van der Waals surface area contributed by atoms with Gasteiger partial charge in [-0.25, -0.2) is 0 Å². The van der Waals surface area contributed by atoms with Gasteiger partial charge in [-0.15, -0.1) is 0 Å². The Hall–Kier alpha value is -1.48. The summed E-state index contributed by atoms with van der Waals surface area (Å²) in [4.78, 5) is 4.33. The van der Waals surface area contributed by atoms with Gasteiger partial charge in [0, 0.05) is 22.1 Å². The van der Waals surface area contributed by atoms with E-state index in [2.05, 4.69) is 23.4 Å². The van der Waals surface area contributed by atoms with Gasteiger partial charge in [-0.1, -0.05) is 18.3 Å². The highest BCUT2D eigenvalue weighted by atomic mass is 32.1. The lowest BCUT2D eigenvalue weighted by atomic mass is 10.2. The molecule has 0 unspecified atom stereocenters. The van der Waals surface area contributed by atoms with Crippen molar-refractivity contribution in [3.8, 4) is 0 Å². The maximum Gasteiger partial charge on any atom is 0.0647 e. The fourth-order valence-corrected chi connectivity index (χ4v) is 2.13. The zero-order valence-electron chi connectivity index (χ0n) is 9.47. The van der Waals surface area contributed by atoms with Crippen molar-refractivity contribution in [1.82, 2.24) is 9.55 Å². The van der Waals surface area contributed by atoms with E-state index in [1.807, 2.05) is 36.5 Å². The number of nitrogens with zero attached hydrogens (tertiary/aromatic N) is 2. The van der Waals surface area contributed by atoms with Crippen molar-refractivity contribution in [2.45, 2.75) is 20.4 Å². The molecule has 0 aliphatic carbocycles. The Morgan fingerprint density at radius 1 is 1.19 bits per heavy atom. The third-order valence-electron chi connectivity index (χ3n) is 2.60. The second-order valence-corrected chi connectivity index (χ2v) is 4.35. The smallest absolute Gasteiger partial charge is 0.0647 e. The molecule has 0 radical (unpaired) electrons. The molecule has 2 heterocycles. The molecule has 0 atom stereocenters. The first-order chi connectivity index (χ1) is 7.66. The largest absolute Gasteiger partial charge is 0.343 e. The van der Waals surface area contributed by atoms with Crippen LogP contribution in [0.2, 0.25) is 0 Å². The minimum Gasteiger partial charge on any atom is -0.343 e. The van der Waals surface area contributed by atoms with Gasteiger partial charge in [0.1, 0.15) is 0 Å². The van der Waals surface area contributed by atoms with Crippen LogP contribution in [0.1, 0.15) is 17.1 Å². The molecule has 82 valence electrons. The molecule has 2 aromatic heterocycles. The van der Waals surface area contributed by atoms with E-state index in [1.165, 1.54) is 11.4 Å². The molecular weight excluding hydrogens is 216 g/mol. The zero-order chi connectivity index (χ0) is 11.5. The molecule has 0 bridgehead atoms. The Bertz CT molecular complexity index is 517. The van der Waals surface area contributed by atoms with Crippen LogP contribution in [0.5, 0.6) is 0 Å². The lowest BCUT2D eigenvalue weighted by molar-refractivity contribution is 0.713. The van der Waals surface area contributed by atoms with Crippen LogP contribution in [0.3, 0.4) is 0 Å². The molecule has 0 saturated heterocycles. The Balaban J connectivity index is 2.39. The van der Waals surface area contributed by atoms with E-state index in [4.69, 9.17) is 12.2 Å². The second-order valence-electron chi connectivity index (χ2n) is 3.88. The van der Waals surface area contributed by atoms with Crippen molar-refractivity contribution in [3.05, 3.63) is 58.1 Å². The van der Waals surface area contributed by atoms with Gasteiger partial charge in [0.05, 0.1) is 12.2 Å². The highest BCUT2D eigenvalue weighted by Crippen LogP contribution is 2.09. The fraction of sp³-hybridized carbons (Fsp3) is 0.231. The van der Waals surface area contributed by atoms with E-state index in [9.17, 15) is 0 Å². The summed E-state index contributed by atoms with van der Waals surface area (Å²) in [5, 5.41) is 0. The molecule has 0 aliphatic heterocycles. The normalized spacial score (nSPS) is 10.4. The van der Waals surface area contributed by atoms with Gasteiger partial charge in [0.15, 0.2) is 0 Å². The maximum absolute atomic E-state index is 5.18. The van der Waals surface area contributed by atoms with Gasteiger partial charge in [-0.05, 0) is 38.1 Å². The van der Waals surface area contributed by atoms with E-state index in [0.717, 1.165) is 16.7 Å². The highest BCUT2D eigenvalue weighted by Gasteiger charge is 2.01. The van der Waals surface area contributed by atoms with Crippen LogP contribution in [0.4, 0.5) is 0 Å². The molecule has 0 N–H and O–H groups in total. The zero-order valence-corrected chi connectivity index (χ0v) is 10.3. The number of pyridine rings is 2. The van der Waals surface area contributed by atoms with Gasteiger partial charge in [-0.3, -0.25) is 4.98 Å².